The zero-order valence-electron chi connectivity index (χ0n) is 12.6. The number of hydrogen-bond acceptors (Lipinski definition) is 2. The first-order valence-corrected chi connectivity index (χ1v) is 8.00. The van der Waals surface area contributed by atoms with Crippen molar-refractivity contribution in [2.75, 3.05) is 11.4 Å². The maximum absolute atomic E-state index is 13.0. The molecule has 0 spiro atoms. The first-order valence-electron chi connectivity index (χ1n) is 8.00. The number of carbonyl (C=O) groups excluding carboxylic acids is 2. The van der Waals surface area contributed by atoms with E-state index in [0.717, 1.165) is 25.7 Å². The van der Waals surface area contributed by atoms with Gasteiger partial charge in [-0.1, -0.05) is 19.3 Å². The molecule has 1 aliphatic carbocycles. The van der Waals surface area contributed by atoms with E-state index in [4.69, 9.17) is 0 Å². The largest absolute Gasteiger partial charge is 0.351 e. The first-order chi connectivity index (χ1) is 10.6. The third kappa shape index (κ3) is 3.29. The van der Waals surface area contributed by atoms with E-state index in [2.05, 4.69) is 5.32 Å². The lowest BCUT2D eigenvalue weighted by atomic mass is 9.88. The minimum atomic E-state index is -0.322. The fraction of sp³-hybridized carbons (Fsp3) is 0.529. The van der Waals surface area contributed by atoms with Crippen LogP contribution in [0.15, 0.2) is 24.3 Å². The number of anilines is 1. The highest BCUT2D eigenvalue weighted by atomic mass is 19.1. The summed E-state index contributed by atoms with van der Waals surface area (Å²) < 4.78 is 13.0. The van der Waals surface area contributed by atoms with Gasteiger partial charge in [0.1, 0.15) is 5.82 Å². The van der Waals surface area contributed by atoms with E-state index in [1.165, 1.54) is 18.6 Å². The molecule has 0 unspecified atom stereocenters. The average molecular weight is 304 g/mol. The standard InChI is InChI=1S/C17H21FN2O2/c18-13-6-8-15(9-7-13)20-11-14(10-16(20)21)19-17(22)12-4-2-1-3-5-12/h6-9,12,14H,1-5,10-11H2,(H,19,22)/t14-/m0/s1. The Balaban J connectivity index is 1.59. The van der Waals surface area contributed by atoms with Crippen LogP contribution in [-0.2, 0) is 9.59 Å². The topological polar surface area (TPSA) is 49.4 Å². The van der Waals surface area contributed by atoms with Gasteiger partial charge >= 0.3 is 0 Å². The van der Waals surface area contributed by atoms with Gasteiger partial charge in [0, 0.05) is 24.6 Å². The molecule has 1 saturated carbocycles. The van der Waals surface area contributed by atoms with E-state index < -0.39 is 0 Å². The average Bonchev–Trinajstić information content (AvgIpc) is 2.89. The lowest BCUT2D eigenvalue weighted by Crippen LogP contribution is -2.41. The van der Waals surface area contributed by atoms with Gasteiger partial charge in [0.15, 0.2) is 0 Å². The SMILES string of the molecule is O=C(N[C@H]1CC(=O)N(c2ccc(F)cc2)C1)C1CCCCC1. The molecule has 22 heavy (non-hydrogen) atoms. The number of nitrogens with zero attached hydrogens (tertiary/aromatic N) is 1. The van der Waals surface area contributed by atoms with Gasteiger partial charge in [-0.25, -0.2) is 4.39 Å². The van der Waals surface area contributed by atoms with Gasteiger partial charge in [-0.2, -0.15) is 0 Å². The van der Waals surface area contributed by atoms with Crippen LogP contribution in [0.2, 0.25) is 0 Å². The third-order valence-corrected chi connectivity index (χ3v) is 4.59. The Labute approximate surface area is 129 Å². The Morgan fingerprint density at radius 1 is 1.14 bits per heavy atom. The molecule has 0 bridgehead atoms. The van der Waals surface area contributed by atoms with Crippen LogP contribution in [0, 0.1) is 11.7 Å². The highest BCUT2D eigenvalue weighted by Gasteiger charge is 2.33. The van der Waals surface area contributed by atoms with E-state index in [0.29, 0.717) is 18.7 Å². The lowest BCUT2D eigenvalue weighted by Gasteiger charge is -2.23. The van der Waals surface area contributed by atoms with Gasteiger partial charge in [0.05, 0.1) is 6.04 Å². The molecule has 1 saturated heterocycles. The molecule has 118 valence electrons. The summed E-state index contributed by atoms with van der Waals surface area (Å²) in [7, 11) is 0. The summed E-state index contributed by atoms with van der Waals surface area (Å²) in [5.41, 5.74) is 0.681. The van der Waals surface area contributed by atoms with Crippen molar-refractivity contribution in [3.63, 3.8) is 0 Å². The van der Waals surface area contributed by atoms with E-state index >= 15 is 0 Å². The summed E-state index contributed by atoms with van der Waals surface area (Å²) in [5.74, 6) is -0.166. The summed E-state index contributed by atoms with van der Waals surface area (Å²) in [4.78, 5) is 26.0. The molecule has 1 atom stereocenters. The lowest BCUT2D eigenvalue weighted by molar-refractivity contribution is -0.126. The van der Waals surface area contributed by atoms with Crippen molar-refractivity contribution in [3.05, 3.63) is 30.1 Å². The number of carbonyl (C=O) groups is 2. The highest BCUT2D eigenvalue weighted by molar-refractivity contribution is 5.96. The molecule has 4 nitrogen and oxygen atoms in total. The molecular weight excluding hydrogens is 283 g/mol. The maximum Gasteiger partial charge on any atom is 0.229 e. The second kappa shape index (κ2) is 6.46. The Kier molecular flexibility index (Phi) is 4.41. The number of rotatable bonds is 3. The minimum Gasteiger partial charge on any atom is -0.351 e. The van der Waals surface area contributed by atoms with Crippen LogP contribution in [0.5, 0.6) is 0 Å². The third-order valence-electron chi connectivity index (χ3n) is 4.59. The van der Waals surface area contributed by atoms with Gasteiger partial charge in [0.25, 0.3) is 0 Å². The van der Waals surface area contributed by atoms with Crippen LogP contribution in [0.25, 0.3) is 0 Å². The van der Waals surface area contributed by atoms with Gasteiger partial charge in [-0.05, 0) is 37.1 Å². The first kappa shape index (κ1) is 15.0. The van der Waals surface area contributed by atoms with Gasteiger partial charge in [0.2, 0.25) is 11.8 Å². The summed E-state index contributed by atoms with van der Waals surface area (Å²) in [6.07, 6.45) is 5.66. The van der Waals surface area contributed by atoms with Crippen molar-refractivity contribution >= 4 is 17.5 Å². The van der Waals surface area contributed by atoms with Crippen molar-refractivity contribution in [1.82, 2.24) is 5.32 Å². The molecule has 1 aromatic carbocycles. The quantitative estimate of drug-likeness (QED) is 0.933. The molecule has 1 aliphatic heterocycles. The van der Waals surface area contributed by atoms with Gasteiger partial charge in [-0.3, -0.25) is 9.59 Å². The summed E-state index contributed by atoms with van der Waals surface area (Å²) >= 11 is 0. The molecule has 0 radical (unpaired) electrons. The van der Waals surface area contributed by atoms with E-state index in [1.807, 2.05) is 0 Å². The molecule has 1 aromatic rings. The van der Waals surface area contributed by atoms with Gasteiger partial charge in [-0.15, -0.1) is 0 Å². The predicted molar refractivity (Wildman–Crippen MR) is 81.9 cm³/mol. The Morgan fingerprint density at radius 3 is 2.50 bits per heavy atom. The van der Waals surface area contributed by atoms with Crippen molar-refractivity contribution in [1.29, 1.82) is 0 Å². The normalized spacial score (nSPS) is 22.9. The van der Waals surface area contributed by atoms with Crippen LogP contribution >= 0.6 is 0 Å². The smallest absolute Gasteiger partial charge is 0.229 e. The van der Waals surface area contributed by atoms with Gasteiger partial charge < -0.3 is 10.2 Å². The molecule has 2 fully saturated rings. The fourth-order valence-electron chi connectivity index (χ4n) is 3.36. The molecule has 1 heterocycles. The van der Waals surface area contributed by atoms with Crippen molar-refractivity contribution < 1.29 is 14.0 Å². The molecule has 0 aromatic heterocycles. The predicted octanol–water partition coefficient (Wildman–Crippen LogP) is 2.63. The summed E-state index contributed by atoms with van der Waals surface area (Å²) in [6, 6.07) is 5.73. The Morgan fingerprint density at radius 2 is 1.82 bits per heavy atom. The number of halogens is 1. The number of hydrogen-bond donors (Lipinski definition) is 1. The minimum absolute atomic E-state index is 0.0273. The number of nitrogens with one attached hydrogen (secondary N) is 1. The van der Waals surface area contributed by atoms with E-state index in [9.17, 15) is 14.0 Å². The van der Waals surface area contributed by atoms with Crippen molar-refractivity contribution in [2.24, 2.45) is 5.92 Å². The maximum atomic E-state index is 13.0. The summed E-state index contributed by atoms with van der Waals surface area (Å²) in [6.45, 7) is 0.461. The monoisotopic (exact) mass is 304 g/mol. The molecule has 2 amide bonds. The van der Waals surface area contributed by atoms with E-state index in [1.54, 1.807) is 17.0 Å². The van der Waals surface area contributed by atoms with Crippen molar-refractivity contribution in [3.8, 4) is 0 Å². The van der Waals surface area contributed by atoms with Crippen LogP contribution < -0.4 is 10.2 Å². The van der Waals surface area contributed by atoms with Crippen LogP contribution in [-0.4, -0.2) is 24.4 Å². The Bertz CT molecular complexity index is 552. The summed E-state index contributed by atoms with van der Waals surface area (Å²) in [5, 5.41) is 3.01. The zero-order chi connectivity index (χ0) is 15.5. The second-order valence-corrected chi connectivity index (χ2v) is 6.23. The molecule has 3 rings (SSSR count). The molecule has 1 N–H and O–H groups in total. The van der Waals surface area contributed by atoms with Crippen molar-refractivity contribution in [2.45, 2.75) is 44.6 Å². The molecule has 5 heteroatoms. The number of benzene rings is 1. The van der Waals surface area contributed by atoms with E-state index in [-0.39, 0.29) is 29.6 Å². The molecule has 2 aliphatic rings. The number of amides is 2. The van der Waals surface area contributed by atoms with Crippen LogP contribution in [0.1, 0.15) is 38.5 Å². The Hall–Kier alpha value is -1.91. The van der Waals surface area contributed by atoms with Crippen LogP contribution in [0.3, 0.4) is 0 Å². The zero-order valence-corrected chi connectivity index (χ0v) is 12.6. The highest BCUT2D eigenvalue weighted by Crippen LogP contribution is 2.25. The van der Waals surface area contributed by atoms with Crippen LogP contribution in [0.4, 0.5) is 10.1 Å². The second-order valence-electron chi connectivity index (χ2n) is 6.23. The molecular formula is C17H21FN2O2. The fourth-order valence-corrected chi connectivity index (χ4v) is 3.36.